The minimum atomic E-state index is -0.204. The van der Waals surface area contributed by atoms with E-state index in [1.807, 2.05) is 0 Å². The second-order valence-electron chi connectivity index (χ2n) is 7.15. The van der Waals surface area contributed by atoms with Gasteiger partial charge in [0.2, 0.25) is 0 Å². The fraction of sp³-hybridized carbons (Fsp3) is 0.310. The normalized spacial score (nSPS) is 19.7. The minimum Gasteiger partial charge on any atom is -0.0845 e. The highest BCUT2D eigenvalue weighted by molar-refractivity contribution is 5.87. The maximum absolute atomic E-state index is 2.45. The number of rotatable bonds is 4. The zero-order valence-electron chi connectivity index (χ0n) is 15.7. The molecule has 0 bridgehead atoms. The van der Waals surface area contributed by atoms with Crippen molar-refractivity contribution in [2.24, 2.45) is 0 Å². The maximum atomic E-state index is 2.45. The molecule has 2 aromatic rings. The van der Waals surface area contributed by atoms with Gasteiger partial charge in [-0.25, -0.2) is 0 Å². The summed E-state index contributed by atoms with van der Waals surface area (Å²) < 4.78 is 0. The molecule has 0 aliphatic heterocycles. The largest absolute Gasteiger partial charge is 0.0845 e. The van der Waals surface area contributed by atoms with E-state index in [2.05, 4.69) is 98.8 Å². The molecular formula is C29H38. The van der Waals surface area contributed by atoms with E-state index in [9.17, 15) is 0 Å². The van der Waals surface area contributed by atoms with Crippen LogP contribution in [0.15, 0.2) is 96.1 Å². The number of hydrogen-bond acceptors (Lipinski definition) is 0. The number of fused-ring (bicyclic) bond motifs is 1. The minimum absolute atomic E-state index is 0. The van der Waals surface area contributed by atoms with Crippen molar-refractivity contribution in [2.45, 2.75) is 60.8 Å². The Kier molecular flexibility index (Phi) is 8.64. The number of hydrogen-bond donors (Lipinski definition) is 0. The van der Waals surface area contributed by atoms with Crippen molar-refractivity contribution in [3.8, 4) is 0 Å². The van der Waals surface area contributed by atoms with Crippen molar-refractivity contribution in [3.05, 3.63) is 113 Å². The Morgan fingerprint density at radius 3 is 2.24 bits per heavy atom. The lowest BCUT2D eigenvalue weighted by Gasteiger charge is -2.36. The zero-order valence-corrected chi connectivity index (χ0v) is 15.7. The summed E-state index contributed by atoms with van der Waals surface area (Å²) >= 11 is 0. The van der Waals surface area contributed by atoms with Crippen molar-refractivity contribution in [2.75, 3.05) is 0 Å². The summed E-state index contributed by atoms with van der Waals surface area (Å²) in [5.41, 5.74) is 8.18. The molecule has 0 N–H and O–H groups in total. The molecule has 2 aliphatic rings. The van der Waals surface area contributed by atoms with Crippen molar-refractivity contribution >= 4 is 5.57 Å². The van der Waals surface area contributed by atoms with Crippen molar-refractivity contribution in [1.29, 1.82) is 0 Å². The first-order valence-corrected chi connectivity index (χ1v) is 9.70. The average molecular weight is 387 g/mol. The molecule has 2 aromatic carbocycles. The summed E-state index contributed by atoms with van der Waals surface area (Å²) in [4.78, 5) is 0. The summed E-state index contributed by atoms with van der Waals surface area (Å²) in [6, 6.07) is 20.0. The van der Waals surface area contributed by atoms with Gasteiger partial charge in [0.25, 0.3) is 0 Å². The Bertz CT molecular complexity index is 922. The average Bonchev–Trinajstić information content (AvgIpc) is 2.97. The van der Waals surface area contributed by atoms with Crippen molar-refractivity contribution < 1.29 is 0 Å². The smallest absolute Gasteiger partial charge is 0.0706 e. The van der Waals surface area contributed by atoms with E-state index in [0.717, 1.165) is 19.3 Å². The summed E-state index contributed by atoms with van der Waals surface area (Å²) in [7, 11) is 0. The third kappa shape index (κ3) is 3.81. The summed E-state index contributed by atoms with van der Waals surface area (Å²) in [6.45, 7) is 4.49. The van der Waals surface area contributed by atoms with E-state index >= 15 is 0 Å². The van der Waals surface area contributed by atoms with Gasteiger partial charge in [0, 0.05) is 0 Å². The highest BCUT2D eigenvalue weighted by atomic mass is 14.5. The van der Waals surface area contributed by atoms with Gasteiger partial charge in [-0.1, -0.05) is 114 Å². The first kappa shape index (κ1) is 24.4. The van der Waals surface area contributed by atoms with Gasteiger partial charge in [0.05, 0.1) is 5.41 Å². The summed E-state index contributed by atoms with van der Waals surface area (Å²) in [5, 5.41) is 0. The topological polar surface area (TPSA) is 0 Å². The lowest BCUT2D eigenvalue weighted by atomic mass is 9.65. The van der Waals surface area contributed by atoms with Crippen LogP contribution in [0.4, 0.5) is 0 Å². The van der Waals surface area contributed by atoms with Crippen LogP contribution < -0.4 is 0 Å². The third-order valence-corrected chi connectivity index (χ3v) is 5.70. The van der Waals surface area contributed by atoms with E-state index in [1.165, 1.54) is 33.4 Å². The van der Waals surface area contributed by atoms with Crippen LogP contribution in [0.2, 0.25) is 0 Å². The van der Waals surface area contributed by atoms with E-state index in [0.29, 0.717) is 0 Å². The molecule has 0 amide bonds. The van der Waals surface area contributed by atoms with Crippen LogP contribution in [0.25, 0.3) is 5.57 Å². The molecule has 0 nitrogen and oxygen atoms in total. The molecule has 0 heterocycles. The van der Waals surface area contributed by atoms with Crippen LogP contribution >= 0.6 is 0 Å². The number of allylic oxidation sites excluding steroid dienone is 8. The molecule has 0 fully saturated rings. The highest BCUT2D eigenvalue weighted by Gasteiger charge is 2.46. The van der Waals surface area contributed by atoms with Crippen LogP contribution in [0.1, 0.15) is 72.1 Å². The first-order chi connectivity index (χ1) is 12.8. The second kappa shape index (κ2) is 10.3. The van der Waals surface area contributed by atoms with Crippen LogP contribution in [0.3, 0.4) is 0 Å². The molecule has 0 heteroatoms. The van der Waals surface area contributed by atoms with Gasteiger partial charge in [0.15, 0.2) is 0 Å². The van der Waals surface area contributed by atoms with Crippen molar-refractivity contribution in [1.82, 2.24) is 0 Å². The van der Waals surface area contributed by atoms with E-state index < -0.39 is 0 Å². The molecule has 0 aromatic heterocycles. The Morgan fingerprint density at radius 1 is 0.897 bits per heavy atom. The van der Waals surface area contributed by atoms with Crippen LogP contribution in [-0.2, 0) is 5.41 Å². The molecule has 1 unspecified atom stereocenters. The van der Waals surface area contributed by atoms with Gasteiger partial charge in [-0.05, 0) is 59.6 Å². The van der Waals surface area contributed by atoms with Crippen LogP contribution in [0, 0.1) is 0 Å². The molecule has 0 spiro atoms. The molecule has 0 saturated carbocycles. The Labute approximate surface area is 179 Å². The molecule has 4 rings (SSSR count). The predicted molar refractivity (Wildman–Crippen MR) is 132 cm³/mol. The van der Waals surface area contributed by atoms with Gasteiger partial charge in [-0.3, -0.25) is 0 Å². The summed E-state index contributed by atoms with van der Waals surface area (Å²) in [6.07, 6.45) is 15.1. The van der Waals surface area contributed by atoms with Crippen molar-refractivity contribution in [3.63, 3.8) is 0 Å². The van der Waals surface area contributed by atoms with E-state index in [-0.39, 0.29) is 27.7 Å². The third-order valence-electron chi connectivity index (χ3n) is 5.70. The van der Waals surface area contributed by atoms with Gasteiger partial charge < -0.3 is 0 Å². The van der Waals surface area contributed by atoms with Gasteiger partial charge in [-0.15, -0.1) is 0 Å². The Morgan fingerprint density at radius 2 is 1.59 bits per heavy atom. The standard InChI is InChI=1S/C26H26.3CH4/c1-3-4-18-24-20(2)23-17-11-12-19-25(23)26(24,21-13-7-5-8-14-21)22-15-9-6-10-16-22;;;/h4-5,7-9,11-19H,3,6,10H2,1-2H3;3*1H4/b18-4-;;;. The van der Waals surface area contributed by atoms with Crippen LogP contribution in [-0.4, -0.2) is 0 Å². The second-order valence-corrected chi connectivity index (χ2v) is 7.15. The molecular weight excluding hydrogens is 348 g/mol. The highest BCUT2D eigenvalue weighted by Crippen LogP contribution is 2.55. The SMILES string of the molecule is C.C.C.CC/C=C\C1=C(C)c2ccccc2C1(C1=CCCC=C1)c1ccccc1. The molecule has 154 valence electrons. The van der Waals surface area contributed by atoms with Crippen LogP contribution in [0.5, 0.6) is 0 Å². The molecule has 0 radical (unpaired) electrons. The first-order valence-electron chi connectivity index (χ1n) is 9.70. The Balaban J connectivity index is 0.00000140. The lowest BCUT2D eigenvalue weighted by molar-refractivity contribution is 0.744. The van der Waals surface area contributed by atoms with E-state index in [1.54, 1.807) is 0 Å². The fourth-order valence-corrected chi connectivity index (χ4v) is 4.56. The lowest BCUT2D eigenvalue weighted by Crippen LogP contribution is -2.30. The predicted octanol–water partition coefficient (Wildman–Crippen LogP) is 8.91. The van der Waals surface area contributed by atoms with Gasteiger partial charge in [-0.2, -0.15) is 0 Å². The summed E-state index contributed by atoms with van der Waals surface area (Å²) in [5.74, 6) is 0. The van der Waals surface area contributed by atoms with E-state index in [4.69, 9.17) is 0 Å². The molecule has 0 saturated heterocycles. The number of benzene rings is 2. The van der Waals surface area contributed by atoms with Gasteiger partial charge in [0.1, 0.15) is 0 Å². The van der Waals surface area contributed by atoms with Gasteiger partial charge >= 0.3 is 0 Å². The monoisotopic (exact) mass is 386 g/mol. The molecule has 2 aliphatic carbocycles. The Hall–Kier alpha value is -2.60. The maximum Gasteiger partial charge on any atom is 0.0706 e. The molecule has 1 atom stereocenters. The molecule has 29 heavy (non-hydrogen) atoms. The zero-order chi connectivity index (χ0) is 18.0. The fourth-order valence-electron chi connectivity index (χ4n) is 4.56. The quantitative estimate of drug-likeness (QED) is 0.492.